The van der Waals surface area contributed by atoms with Gasteiger partial charge in [-0.15, -0.1) is 0 Å². The minimum atomic E-state index is -2.80. The topological polar surface area (TPSA) is 20.3 Å². The van der Waals surface area contributed by atoms with Crippen LogP contribution in [-0.2, 0) is 11.0 Å². The smallest absolute Gasteiger partial charge is 0.189 e. The molecule has 3 rings (SSSR count). The molecular weight excluding hydrogens is 325 g/mol. The summed E-state index contributed by atoms with van der Waals surface area (Å²) < 4.78 is 16.9. The van der Waals surface area contributed by atoms with Gasteiger partial charge >= 0.3 is 0 Å². The molecule has 3 heteroatoms. The van der Waals surface area contributed by atoms with E-state index in [9.17, 15) is 4.57 Å². The van der Waals surface area contributed by atoms with Crippen LogP contribution in [-0.4, -0.2) is 17.8 Å². The van der Waals surface area contributed by atoms with Crippen LogP contribution in [0.3, 0.4) is 0 Å². The predicted molar refractivity (Wildman–Crippen MR) is 108 cm³/mol. The quantitative estimate of drug-likeness (QED) is 0.524. The van der Waals surface area contributed by atoms with E-state index in [2.05, 4.69) is 87.0 Å². The fourth-order valence-electron chi connectivity index (χ4n) is 3.96. The minimum absolute atomic E-state index is 0.0555. The van der Waals surface area contributed by atoms with Gasteiger partial charge in [0.1, 0.15) is 0 Å². The average Bonchev–Trinajstić information content (AvgIpc) is 2.63. The summed E-state index contributed by atoms with van der Waals surface area (Å²) in [6.45, 7) is 10.0. The lowest BCUT2D eigenvalue weighted by Crippen LogP contribution is -2.31. The van der Waals surface area contributed by atoms with Crippen molar-refractivity contribution in [3.8, 4) is 0 Å². The van der Waals surface area contributed by atoms with Gasteiger partial charge < -0.3 is 4.57 Å². The summed E-state index contributed by atoms with van der Waals surface area (Å²) in [6.07, 6.45) is 3.20. The van der Waals surface area contributed by atoms with Gasteiger partial charge in [0.05, 0.1) is 5.66 Å². The molecule has 2 atom stereocenters. The van der Waals surface area contributed by atoms with Gasteiger partial charge in [-0.1, -0.05) is 67.5 Å². The van der Waals surface area contributed by atoms with Crippen LogP contribution >= 0.6 is 7.29 Å². The molecule has 2 aromatic rings. The van der Waals surface area contributed by atoms with Gasteiger partial charge in [-0.05, 0) is 43.5 Å². The van der Waals surface area contributed by atoms with Gasteiger partial charge in [0.25, 0.3) is 0 Å². The highest BCUT2D eigenvalue weighted by Gasteiger charge is 2.42. The number of allylic oxidation sites excluding steroid dienone is 2. The van der Waals surface area contributed by atoms with Crippen molar-refractivity contribution in [2.24, 2.45) is 0 Å². The van der Waals surface area contributed by atoms with Crippen molar-refractivity contribution in [2.75, 3.05) is 13.1 Å². The monoisotopic (exact) mass is 353 g/mol. The molecule has 0 N–H and O–H groups in total. The van der Waals surface area contributed by atoms with Gasteiger partial charge in [0.2, 0.25) is 0 Å². The SMILES string of the molecule is CCN(CC)P(=O)(c1ccc(C)cc1)C1C(C)=CCc2ccccc21. The molecule has 0 saturated heterocycles. The van der Waals surface area contributed by atoms with Gasteiger partial charge in [-0.25, -0.2) is 4.67 Å². The maximum Gasteiger partial charge on any atom is 0.189 e. The molecule has 132 valence electrons. The maximum atomic E-state index is 14.7. The third-order valence-electron chi connectivity index (χ3n) is 5.33. The van der Waals surface area contributed by atoms with Crippen molar-refractivity contribution in [1.29, 1.82) is 0 Å². The van der Waals surface area contributed by atoms with E-state index in [4.69, 9.17) is 0 Å². The number of nitrogens with zero attached hydrogens (tertiary/aromatic N) is 1. The largest absolute Gasteiger partial charge is 0.300 e. The van der Waals surface area contributed by atoms with Gasteiger partial charge in [-0.2, -0.15) is 0 Å². The predicted octanol–water partition coefficient (Wildman–Crippen LogP) is 5.48. The fourth-order valence-corrected chi connectivity index (χ4v) is 7.61. The molecule has 0 aromatic heterocycles. The van der Waals surface area contributed by atoms with E-state index in [-0.39, 0.29) is 5.66 Å². The van der Waals surface area contributed by atoms with Crippen LogP contribution in [0.1, 0.15) is 43.1 Å². The van der Waals surface area contributed by atoms with E-state index < -0.39 is 7.29 Å². The van der Waals surface area contributed by atoms with Crippen molar-refractivity contribution in [3.05, 3.63) is 76.9 Å². The Bertz CT molecular complexity index is 818. The van der Waals surface area contributed by atoms with E-state index in [0.717, 1.165) is 24.8 Å². The van der Waals surface area contributed by atoms with Crippen LogP contribution in [0.15, 0.2) is 60.2 Å². The molecule has 1 aliphatic rings. The molecule has 0 aliphatic heterocycles. The summed E-state index contributed by atoms with van der Waals surface area (Å²) in [6, 6.07) is 16.8. The summed E-state index contributed by atoms with van der Waals surface area (Å²) >= 11 is 0. The molecule has 2 aromatic carbocycles. The van der Waals surface area contributed by atoms with Crippen molar-refractivity contribution in [3.63, 3.8) is 0 Å². The van der Waals surface area contributed by atoms with Crippen molar-refractivity contribution in [1.82, 2.24) is 4.67 Å². The Hall–Kier alpha value is -1.63. The molecule has 0 radical (unpaired) electrons. The lowest BCUT2D eigenvalue weighted by molar-refractivity contribution is 0.444. The Morgan fingerprint density at radius 1 is 1.00 bits per heavy atom. The Labute approximate surface area is 152 Å². The number of aryl methyl sites for hydroxylation is 1. The zero-order valence-corrected chi connectivity index (χ0v) is 16.6. The third kappa shape index (κ3) is 3.14. The lowest BCUT2D eigenvalue weighted by atomic mass is 9.92. The van der Waals surface area contributed by atoms with Crippen LogP contribution in [0.4, 0.5) is 0 Å². The molecule has 2 nitrogen and oxygen atoms in total. The third-order valence-corrected chi connectivity index (χ3v) is 9.16. The molecular formula is C22H28NOP. The first kappa shape index (κ1) is 18.2. The summed E-state index contributed by atoms with van der Waals surface area (Å²) in [7, 11) is -2.80. The highest BCUT2D eigenvalue weighted by Crippen LogP contribution is 2.64. The lowest BCUT2D eigenvalue weighted by Gasteiger charge is -2.39. The first-order chi connectivity index (χ1) is 12.0. The second kappa shape index (κ2) is 7.32. The average molecular weight is 353 g/mol. The maximum absolute atomic E-state index is 14.7. The molecule has 0 heterocycles. The first-order valence-electron chi connectivity index (χ1n) is 9.19. The Kier molecular flexibility index (Phi) is 5.32. The second-order valence-corrected chi connectivity index (χ2v) is 9.70. The Balaban J connectivity index is 2.24. The summed E-state index contributed by atoms with van der Waals surface area (Å²) in [4.78, 5) is 0. The van der Waals surface area contributed by atoms with Crippen LogP contribution in [0.5, 0.6) is 0 Å². The van der Waals surface area contributed by atoms with Gasteiger partial charge in [0, 0.05) is 18.4 Å². The van der Waals surface area contributed by atoms with Crippen molar-refractivity contribution >= 4 is 12.6 Å². The van der Waals surface area contributed by atoms with Gasteiger partial charge in [-0.3, -0.25) is 0 Å². The normalized spacial score (nSPS) is 19.2. The summed E-state index contributed by atoms with van der Waals surface area (Å²) in [5.74, 6) is 0. The highest BCUT2D eigenvalue weighted by molar-refractivity contribution is 7.69. The number of rotatable bonds is 5. The molecule has 1 aliphatic carbocycles. The van der Waals surface area contributed by atoms with Crippen LogP contribution in [0, 0.1) is 6.92 Å². The first-order valence-corrected chi connectivity index (χ1v) is 10.9. The highest BCUT2D eigenvalue weighted by atomic mass is 31.2. The van der Waals surface area contributed by atoms with Crippen molar-refractivity contribution < 1.29 is 4.57 Å². The van der Waals surface area contributed by atoms with Crippen LogP contribution in [0.25, 0.3) is 0 Å². The van der Waals surface area contributed by atoms with Crippen LogP contribution in [0.2, 0.25) is 0 Å². The molecule has 25 heavy (non-hydrogen) atoms. The Morgan fingerprint density at radius 3 is 2.28 bits per heavy atom. The van der Waals surface area contributed by atoms with E-state index in [1.165, 1.54) is 22.3 Å². The van der Waals surface area contributed by atoms with Crippen molar-refractivity contribution in [2.45, 2.75) is 39.8 Å². The Morgan fingerprint density at radius 2 is 1.64 bits per heavy atom. The van der Waals surface area contributed by atoms with E-state index in [1.807, 2.05) is 0 Å². The zero-order chi connectivity index (χ0) is 18.0. The molecule has 0 bridgehead atoms. The molecule has 2 unspecified atom stereocenters. The van der Waals surface area contributed by atoms with E-state index >= 15 is 0 Å². The van der Waals surface area contributed by atoms with Gasteiger partial charge in [0.15, 0.2) is 7.29 Å². The number of hydrogen-bond donors (Lipinski definition) is 0. The molecule has 0 fully saturated rings. The second-order valence-electron chi connectivity index (χ2n) is 6.85. The molecule has 0 spiro atoms. The molecule has 0 amide bonds. The number of hydrogen-bond acceptors (Lipinski definition) is 1. The molecule has 0 saturated carbocycles. The van der Waals surface area contributed by atoms with E-state index in [1.54, 1.807) is 0 Å². The summed E-state index contributed by atoms with van der Waals surface area (Å²) in [5.41, 5.74) is 4.91. The van der Waals surface area contributed by atoms with Crippen LogP contribution < -0.4 is 5.30 Å². The number of fused-ring (bicyclic) bond motifs is 1. The van der Waals surface area contributed by atoms with E-state index in [0.29, 0.717) is 0 Å². The minimum Gasteiger partial charge on any atom is -0.300 e. The standard InChI is InChI=1S/C22H28NOP/c1-5-23(6-2)25(24,20-15-11-17(3)12-16-20)22-18(4)13-14-19-9-7-8-10-21(19)22/h7-13,15-16,22H,5-6,14H2,1-4H3. The zero-order valence-electron chi connectivity index (χ0n) is 15.7. The number of benzene rings is 2. The fraction of sp³-hybridized carbons (Fsp3) is 0.364. The summed E-state index contributed by atoms with van der Waals surface area (Å²) in [5, 5.41) is 0.969.